The third-order valence-corrected chi connectivity index (χ3v) is 6.51. The molecule has 0 aliphatic carbocycles. The summed E-state index contributed by atoms with van der Waals surface area (Å²) in [5, 5.41) is 2.80. The first-order valence-corrected chi connectivity index (χ1v) is 11.3. The van der Waals surface area contributed by atoms with E-state index in [0.29, 0.717) is 18.7 Å². The Kier molecular flexibility index (Phi) is 8.67. The summed E-state index contributed by atoms with van der Waals surface area (Å²) in [6, 6.07) is 14.4. The van der Waals surface area contributed by atoms with Crippen LogP contribution in [-0.4, -0.2) is 45.4 Å². The van der Waals surface area contributed by atoms with Crippen LogP contribution in [0.2, 0.25) is 0 Å². The predicted octanol–water partition coefficient (Wildman–Crippen LogP) is 3.15. The second-order valence-electron chi connectivity index (χ2n) is 6.91. The molecule has 0 unspecified atom stereocenters. The minimum absolute atomic E-state index is 0.158. The number of rotatable bonds is 11. The summed E-state index contributed by atoms with van der Waals surface area (Å²) >= 11 is 0. The average molecular weight is 419 g/mol. The first-order chi connectivity index (χ1) is 13.9. The molecule has 6 nitrogen and oxygen atoms in total. The highest BCUT2D eigenvalue weighted by Gasteiger charge is 2.27. The fourth-order valence-electron chi connectivity index (χ4n) is 2.96. The monoisotopic (exact) mass is 418 g/mol. The minimum atomic E-state index is -3.83. The Morgan fingerprint density at radius 2 is 1.86 bits per heavy atom. The van der Waals surface area contributed by atoms with Crippen LogP contribution < -0.4 is 10.1 Å². The van der Waals surface area contributed by atoms with E-state index in [-0.39, 0.29) is 23.9 Å². The molecule has 2 aromatic carbocycles. The first-order valence-electron chi connectivity index (χ1n) is 9.84. The molecule has 158 valence electrons. The van der Waals surface area contributed by atoms with E-state index in [1.165, 1.54) is 10.4 Å². The highest BCUT2D eigenvalue weighted by molar-refractivity contribution is 7.89. The number of aryl methyl sites for hydroxylation is 1. The zero-order valence-corrected chi connectivity index (χ0v) is 18.2. The zero-order chi connectivity index (χ0) is 21.3. The second-order valence-corrected chi connectivity index (χ2v) is 8.85. The van der Waals surface area contributed by atoms with Crippen molar-refractivity contribution in [1.29, 1.82) is 0 Å². The highest BCUT2D eigenvalue weighted by Crippen LogP contribution is 2.24. The van der Waals surface area contributed by atoms with E-state index < -0.39 is 10.0 Å². The van der Waals surface area contributed by atoms with Crippen molar-refractivity contribution >= 4 is 15.9 Å². The third-order valence-electron chi connectivity index (χ3n) is 4.67. The number of unbranched alkanes of at least 4 members (excludes halogenated alkanes) is 1. The maximum atomic E-state index is 13.3. The Morgan fingerprint density at radius 1 is 1.14 bits per heavy atom. The smallest absolute Gasteiger partial charge is 0.243 e. The molecule has 0 fully saturated rings. The van der Waals surface area contributed by atoms with E-state index in [1.54, 1.807) is 26.2 Å². The standard InChI is InChI=1S/C22H30N2O4S/c1-4-5-14-23-22(25)17-24(15-13-19-9-7-6-8-10-19)29(26,27)20-11-12-21(28-3)18(2)16-20/h6-12,16H,4-5,13-15,17H2,1-3H3,(H,23,25). The van der Waals surface area contributed by atoms with Gasteiger partial charge in [0.25, 0.3) is 0 Å². The lowest BCUT2D eigenvalue weighted by molar-refractivity contribution is -0.121. The lowest BCUT2D eigenvalue weighted by atomic mass is 10.1. The van der Waals surface area contributed by atoms with Gasteiger partial charge in [-0.05, 0) is 49.1 Å². The molecule has 0 aliphatic heterocycles. The Morgan fingerprint density at radius 3 is 2.48 bits per heavy atom. The van der Waals surface area contributed by atoms with Crippen LogP contribution in [0, 0.1) is 6.92 Å². The molecule has 7 heteroatoms. The summed E-state index contributed by atoms with van der Waals surface area (Å²) in [5.74, 6) is 0.331. The van der Waals surface area contributed by atoms with E-state index in [2.05, 4.69) is 5.32 Å². The number of ether oxygens (including phenoxy) is 1. The van der Waals surface area contributed by atoms with Gasteiger partial charge in [0.1, 0.15) is 5.75 Å². The fourth-order valence-corrected chi connectivity index (χ4v) is 4.45. The van der Waals surface area contributed by atoms with Crippen LogP contribution in [0.4, 0.5) is 0 Å². The van der Waals surface area contributed by atoms with Gasteiger partial charge in [0.15, 0.2) is 0 Å². The Balaban J connectivity index is 2.23. The molecule has 0 bridgehead atoms. The molecule has 1 amide bonds. The van der Waals surface area contributed by atoms with Gasteiger partial charge >= 0.3 is 0 Å². The average Bonchev–Trinajstić information content (AvgIpc) is 2.71. The van der Waals surface area contributed by atoms with Crippen LogP contribution in [-0.2, 0) is 21.2 Å². The molecule has 0 atom stereocenters. The van der Waals surface area contributed by atoms with Gasteiger partial charge in [0.2, 0.25) is 15.9 Å². The minimum Gasteiger partial charge on any atom is -0.496 e. The van der Waals surface area contributed by atoms with Crippen LogP contribution in [0.5, 0.6) is 5.75 Å². The van der Waals surface area contributed by atoms with Crippen molar-refractivity contribution in [1.82, 2.24) is 9.62 Å². The van der Waals surface area contributed by atoms with E-state index in [0.717, 1.165) is 24.0 Å². The van der Waals surface area contributed by atoms with Gasteiger partial charge in [-0.1, -0.05) is 43.7 Å². The van der Waals surface area contributed by atoms with Crippen molar-refractivity contribution in [2.75, 3.05) is 26.7 Å². The molecule has 0 aromatic heterocycles. The summed E-state index contributed by atoms with van der Waals surface area (Å²) in [6.45, 7) is 4.39. The number of carbonyl (C=O) groups excluding carboxylic acids is 1. The Hall–Kier alpha value is -2.38. The number of nitrogens with one attached hydrogen (secondary N) is 1. The molecule has 1 N–H and O–H groups in total. The van der Waals surface area contributed by atoms with Crippen LogP contribution in [0.15, 0.2) is 53.4 Å². The Bertz CT molecular complexity index is 898. The molecule has 0 saturated heterocycles. The van der Waals surface area contributed by atoms with Crippen LogP contribution >= 0.6 is 0 Å². The quantitative estimate of drug-likeness (QED) is 0.569. The SMILES string of the molecule is CCCCNC(=O)CN(CCc1ccccc1)S(=O)(=O)c1ccc(OC)c(C)c1. The molecule has 0 heterocycles. The van der Waals surface area contributed by atoms with Crippen molar-refractivity contribution in [3.05, 3.63) is 59.7 Å². The molecule has 0 spiro atoms. The molecular formula is C22H30N2O4S. The predicted molar refractivity (Wildman–Crippen MR) is 115 cm³/mol. The summed E-state index contributed by atoms with van der Waals surface area (Å²) in [6.07, 6.45) is 2.35. The van der Waals surface area contributed by atoms with Crippen molar-refractivity contribution < 1.29 is 17.9 Å². The second kappa shape index (κ2) is 11.0. The molecular weight excluding hydrogens is 388 g/mol. The number of carbonyl (C=O) groups is 1. The summed E-state index contributed by atoms with van der Waals surface area (Å²) in [4.78, 5) is 12.5. The van der Waals surface area contributed by atoms with Gasteiger partial charge in [-0.15, -0.1) is 0 Å². The van der Waals surface area contributed by atoms with Crippen molar-refractivity contribution in [3.8, 4) is 5.75 Å². The third kappa shape index (κ3) is 6.58. The largest absolute Gasteiger partial charge is 0.496 e. The van der Waals surface area contributed by atoms with E-state index in [9.17, 15) is 13.2 Å². The van der Waals surface area contributed by atoms with Crippen molar-refractivity contribution in [3.63, 3.8) is 0 Å². The fraction of sp³-hybridized carbons (Fsp3) is 0.409. The first kappa shape index (κ1) is 22.9. The Labute approximate surface area is 173 Å². The van der Waals surface area contributed by atoms with Gasteiger partial charge in [0, 0.05) is 13.1 Å². The summed E-state index contributed by atoms with van der Waals surface area (Å²) in [5.41, 5.74) is 1.74. The van der Waals surface area contributed by atoms with E-state index in [1.807, 2.05) is 37.3 Å². The van der Waals surface area contributed by atoms with Gasteiger partial charge < -0.3 is 10.1 Å². The van der Waals surface area contributed by atoms with Crippen LogP contribution in [0.25, 0.3) is 0 Å². The molecule has 29 heavy (non-hydrogen) atoms. The van der Waals surface area contributed by atoms with Crippen molar-refractivity contribution in [2.24, 2.45) is 0 Å². The summed E-state index contributed by atoms with van der Waals surface area (Å²) in [7, 11) is -2.28. The lowest BCUT2D eigenvalue weighted by Gasteiger charge is -2.22. The van der Waals surface area contributed by atoms with E-state index in [4.69, 9.17) is 4.74 Å². The number of benzene rings is 2. The number of nitrogens with zero attached hydrogens (tertiary/aromatic N) is 1. The number of methoxy groups -OCH3 is 1. The molecule has 0 saturated carbocycles. The number of amides is 1. The molecule has 2 aromatic rings. The normalized spacial score (nSPS) is 11.4. The summed E-state index contributed by atoms with van der Waals surface area (Å²) < 4.78 is 33.0. The molecule has 0 radical (unpaired) electrons. The zero-order valence-electron chi connectivity index (χ0n) is 17.3. The number of hydrogen-bond acceptors (Lipinski definition) is 4. The van der Waals surface area contributed by atoms with Crippen LogP contribution in [0.3, 0.4) is 0 Å². The van der Waals surface area contributed by atoms with Crippen LogP contribution in [0.1, 0.15) is 30.9 Å². The lowest BCUT2D eigenvalue weighted by Crippen LogP contribution is -2.42. The van der Waals surface area contributed by atoms with E-state index >= 15 is 0 Å². The topological polar surface area (TPSA) is 75.7 Å². The maximum Gasteiger partial charge on any atom is 0.243 e. The van der Waals surface area contributed by atoms with Crippen molar-refractivity contribution in [2.45, 2.75) is 38.0 Å². The maximum absolute atomic E-state index is 13.3. The van der Waals surface area contributed by atoms with Gasteiger partial charge in [-0.3, -0.25) is 4.79 Å². The molecule has 0 aliphatic rings. The van der Waals surface area contributed by atoms with Gasteiger partial charge in [0.05, 0.1) is 18.6 Å². The van der Waals surface area contributed by atoms with Gasteiger partial charge in [-0.25, -0.2) is 8.42 Å². The highest BCUT2D eigenvalue weighted by atomic mass is 32.2. The molecule has 2 rings (SSSR count). The number of sulfonamides is 1. The van der Waals surface area contributed by atoms with Gasteiger partial charge in [-0.2, -0.15) is 4.31 Å². The number of hydrogen-bond donors (Lipinski definition) is 1.